The first-order chi connectivity index (χ1) is 11.5. The van der Waals surface area contributed by atoms with E-state index in [1.807, 2.05) is 73.6 Å². The molecule has 1 fully saturated rings. The van der Waals surface area contributed by atoms with Crippen LogP contribution in [0.25, 0.3) is 6.08 Å². The fourth-order valence-corrected chi connectivity index (χ4v) is 4.01. The molecule has 0 N–H and O–H groups in total. The Morgan fingerprint density at radius 1 is 1.17 bits per heavy atom. The highest BCUT2D eigenvalue weighted by atomic mass is 79.9. The Bertz CT molecular complexity index is 831. The Hall–Kier alpha value is -1.63. The normalized spacial score (nSPS) is 16.1. The zero-order valence-corrected chi connectivity index (χ0v) is 16.4. The standard InChI is InChI=1S/C18H15BrN2OS2/c1-20(2)14-8-6-12(7-9-14)10-16-17(22)21(18(23)24-16)15-5-3-4-13(19)11-15/h3-11H,1-2H3/b16-10+. The number of halogens is 1. The third-order valence-corrected chi connectivity index (χ3v) is 5.36. The molecule has 0 radical (unpaired) electrons. The van der Waals surface area contributed by atoms with Crippen LogP contribution in [-0.4, -0.2) is 24.3 Å². The van der Waals surface area contributed by atoms with Crippen molar-refractivity contribution in [1.29, 1.82) is 0 Å². The summed E-state index contributed by atoms with van der Waals surface area (Å²) in [6.07, 6.45) is 1.89. The molecule has 6 heteroatoms. The summed E-state index contributed by atoms with van der Waals surface area (Å²) in [6.45, 7) is 0. The second-order valence-electron chi connectivity index (χ2n) is 5.48. The van der Waals surface area contributed by atoms with Crippen molar-refractivity contribution in [2.75, 3.05) is 23.9 Å². The summed E-state index contributed by atoms with van der Waals surface area (Å²) in [5, 5.41) is 0. The number of hydrogen-bond donors (Lipinski definition) is 0. The highest BCUT2D eigenvalue weighted by Gasteiger charge is 2.33. The molecule has 1 aliphatic heterocycles. The van der Waals surface area contributed by atoms with Crippen molar-refractivity contribution in [2.45, 2.75) is 0 Å². The fourth-order valence-electron chi connectivity index (χ4n) is 2.33. The minimum absolute atomic E-state index is 0.0835. The maximum absolute atomic E-state index is 12.7. The summed E-state index contributed by atoms with van der Waals surface area (Å²) >= 11 is 10.2. The molecule has 0 atom stereocenters. The topological polar surface area (TPSA) is 23.6 Å². The summed E-state index contributed by atoms with van der Waals surface area (Å²) in [6, 6.07) is 15.6. The predicted octanol–water partition coefficient (Wildman–Crippen LogP) is 4.92. The first-order valence-corrected chi connectivity index (χ1v) is 9.28. The molecule has 3 nitrogen and oxygen atoms in total. The minimum Gasteiger partial charge on any atom is -0.378 e. The van der Waals surface area contributed by atoms with Crippen LogP contribution < -0.4 is 9.80 Å². The molecule has 1 amide bonds. The molecule has 0 spiro atoms. The zero-order valence-electron chi connectivity index (χ0n) is 13.2. The summed E-state index contributed by atoms with van der Waals surface area (Å²) < 4.78 is 1.46. The van der Waals surface area contributed by atoms with E-state index in [0.717, 1.165) is 21.4 Å². The van der Waals surface area contributed by atoms with Crippen LogP contribution in [0.1, 0.15) is 5.56 Å². The van der Waals surface area contributed by atoms with Crippen LogP contribution in [0.3, 0.4) is 0 Å². The molecule has 0 saturated carbocycles. The van der Waals surface area contributed by atoms with Crippen LogP contribution in [0.2, 0.25) is 0 Å². The Kier molecular flexibility index (Phi) is 5.08. The first-order valence-electron chi connectivity index (χ1n) is 7.26. The maximum Gasteiger partial charge on any atom is 0.270 e. The molecule has 0 aliphatic carbocycles. The van der Waals surface area contributed by atoms with E-state index in [4.69, 9.17) is 12.2 Å². The average molecular weight is 419 g/mol. The van der Waals surface area contributed by atoms with Crippen molar-refractivity contribution >= 4 is 67.6 Å². The number of anilines is 2. The molecule has 0 unspecified atom stereocenters. The van der Waals surface area contributed by atoms with Gasteiger partial charge in [0, 0.05) is 24.3 Å². The number of carbonyl (C=O) groups is 1. The van der Waals surface area contributed by atoms with E-state index in [-0.39, 0.29) is 5.91 Å². The number of thioether (sulfide) groups is 1. The van der Waals surface area contributed by atoms with Crippen LogP contribution in [-0.2, 0) is 4.79 Å². The second kappa shape index (κ2) is 7.09. The van der Waals surface area contributed by atoms with Crippen molar-refractivity contribution in [2.24, 2.45) is 0 Å². The van der Waals surface area contributed by atoms with Crippen molar-refractivity contribution in [3.05, 3.63) is 63.5 Å². The zero-order chi connectivity index (χ0) is 17.3. The number of benzene rings is 2. The quantitative estimate of drug-likeness (QED) is 0.521. The number of thiocarbonyl (C=S) groups is 1. The third kappa shape index (κ3) is 3.55. The second-order valence-corrected chi connectivity index (χ2v) is 8.07. The van der Waals surface area contributed by atoms with Gasteiger partial charge in [-0.2, -0.15) is 0 Å². The van der Waals surface area contributed by atoms with Crippen LogP contribution in [0.5, 0.6) is 0 Å². The van der Waals surface area contributed by atoms with Crippen molar-refractivity contribution in [3.63, 3.8) is 0 Å². The molecule has 1 aliphatic rings. The van der Waals surface area contributed by atoms with Crippen molar-refractivity contribution in [3.8, 4) is 0 Å². The van der Waals surface area contributed by atoms with Gasteiger partial charge >= 0.3 is 0 Å². The molecule has 2 aromatic rings. The Morgan fingerprint density at radius 2 is 1.88 bits per heavy atom. The van der Waals surface area contributed by atoms with E-state index in [9.17, 15) is 4.79 Å². The highest BCUT2D eigenvalue weighted by molar-refractivity contribution is 9.10. The summed E-state index contributed by atoms with van der Waals surface area (Å²) in [7, 11) is 4.00. The molecule has 1 saturated heterocycles. The van der Waals surface area contributed by atoms with Crippen LogP contribution in [0.4, 0.5) is 11.4 Å². The summed E-state index contributed by atoms with van der Waals surface area (Å²) in [5.74, 6) is -0.0835. The molecule has 0 aromatic heterocycles. The molecule has 1 heterocycles. The van der Waals surface area contributed by atoms with Gasteiger partial charge in [-0.25, -0.2) is 0 Å². The lowest BCUT2D eigenvalue weighted by Crippen LogP contribution is -2.27. The van der Waals surface area contributed by atoms with Gasteiger partial charge in [0.25, 0.3) is 5.91 Å². The lowest BCUT2D eigenvalue weighted by molar-refractivity contribution is -0.113. The van der Waals surface area contributed by atoms with Crippen LogP contribution >= 0.6 is 39.9 Å². The molecule has 24 heavy (non-hydrogen) atoms. The van der Waals surface area contributed by atoms with Crippen molar-refractivity contribution < 1.29 is 4.79 Å². The lowest BCUT2D eigenvalue weighted by atomic mass is 10.2. The smallest absolute Gasteiger partial charge is 0.270 e. The van der Waals surface area contributed by atoms with E-state index in [0.29, 0.717) is 9.23 Å². The molecular weight excluding hydrogens is 404 g/mol. The van der Waals surface area contributed by atoms with Crippen LogP contribution in [0.15, 0.2) is 57.9 Å². The maximum atomic E-state index is 12.7. The number of rotatable bonds is 3. The molecule has 0 bridgehead atoms. The van der Waals surface area contributed by atoms with E-state index >= 15 is 0 Å². The van der Waals surface area contributed by atoms with Gasteiger partial charge in [0.05, 0.1) is 10.6 Å². The van der Waals surface area contributed by atoms with Gasteiger partial charge in [-0.1, -0.05) is 58.1 Å². The summed E-state index contributed by atoms with van der Waals surface area (Å²) in [4.78, 5) is 17.0. The molecule has 122 valence electrons. The highest BCUT2D eigenvalue weighted by Crippen LogP contribution is 2.36. The molecule has 2 aromatic carbocycles. The largest absolute Gasteiger partial charge is 0.378 e. The average Bonchev–Trinajstić information content (AvgIpc) is 2.82. The third-order valence-electron chi connectivity index (χ3n) is 3.57. The summed E-state index contributed by atoms with van der Waals surface area (Å²) in [5.41, 5.74) is 2.88. The van der Waals surface area contributed by atoms with E-state index < -0.39 is 0 Å². The lowest BCUT2D eigenvalue weighted by Gasteiger charge is -2.14. The van der Waals surface area contributed by atoms with E-state index in [2.05, 4.69) is 15.9 Å². The number of amides is 1. The first kappa shape index (κ1) is 17.2. The molecule has 3 rings (SSSR count). The number of carbonyl (C=O) groups excluding carboxylic acids is 1. The number of hydrogen-bond acceptors (Lipinski definition) is 4. The van der Waals surface area contributed by atoms with E-state index in [1.165, 1.54) is 11.8 Å². The van der Waals surface area contributed by atoms with Gasteiger partial charge in [0.2, 0.25) is 0 Å². The van der Waals surface area contributed by atoms with Crippen LogP contribution in [0, 0.1) is 0 Å². The minimum atomic E-state index is -0.0835. The Labute approximate surface area is 159 Å². The monoisotopic (exact) mass is 418 g/mol. The van der Waals surface area contributed by atoms with Gasteiger partial charge in [0.1, 0.15) is 0 Å². The number of nitrogens with zero attached hydrogens (tertiary/aromatic N) is 2. The Morgan fingerprint density at radius 3 is 2.50 bits per heavy atom. The molecular formula is C18H15BrN2OS2. The van der Waals surface area contributed by atoms with E-state index in [1.54, 1.807) is 4.90 Å². The SMILES string of the molecule is CN(C)c1ccc(/C=C2/SC(=S)N(c3cccc(Br)c3)C2=O)cc1. The van der Waals surface area contributed by atoms with Gasteiger partial charge in [-0.15, -0.1) is 0 Å². The predicted molar refractivity (Wildman–Crippen MR) is 111 cm³/mol. The fraction of sp³-hybridized carbons (Fsp3) is 0.111. The van der Waals surface area contributed by atoms with Crippen molar-refractivity contribution in [1.82, 2.24) is 0 Å². The Balaban J connectivity index is 1.88. The van der Waals surface area contributed by atoms with Gasteiger partial charge in [0.15, 0.2) is 4.32 Å². The van der Waals surface area contributed by atoms with Gasteiger partial charge < -0.3 is 4.90 Å². The van der Waals surface area contributed by atoms with Gasteiger partial charge in [-0.3, -0.25) is 9.69 Å². The van der Waals surface area contributed by atoms with Gasteiger partial charge in [-0.05, 0) is 42.0 Å².